The van der Waals surface area contributed by atoms with E-state index in [4.69, 9.17) is 0 Å². The molecule has 0 spiro atoms. The molecule has 0 saturated carbocycles. The van der Waals surface area contributed by atoms with Crippen LogP contribution in [0.15, 0.2) is 24.3 Å². The lowest BCUT2D eigenvalue weighted by Crippen LogP contribution is -2.33. The van der Waals surface area contributed by atoms with E-state index in [1.807, 2.05) is 6.07 Å². The minimum absolute atomic E-state index is 0.142. The molecule has 1 heterocycles. The molecule has 1 fully saturated rings. The molecule has 1 aliphatic rings. The van der Waals surface area contributed by atoms with Crippen molar-refractivity contribution in [3.63, 3.8) is 0 Å². The summed E-state index contributed by atoms with van der Waals surface area (Å²) >= 11 is 0. The SMILES string of the molecule is CCNC1CCN(C(C)c2cccc(F)c2)C1. The van der Waals surface area contributed by atoms with Crippen LogP contribution in [0.4, 0.5) is 4.39 Å². The predicted molar refractivity (Wildman–Crippen MR) is 68.5 cm³/mol. The number of likely N-dealkylation sites (tertiary alicyclic amines) is 1. The van der Waals surface area contributed by atoms with Crippen molar-refractivity contribution in [2.45, 2.75) is 32.4 Å². The first-order valence-electron chi connectivity index (χ1n) is 6.43. The molecule has 1 N–H and O–H groups in total. The Labute approximate surface area is 103 Å². The normalized spacial score (nSPS) is 22.9. The van der Waals surface area contributed by atoms with Crippen molar-refractivity contribution < 1.29 is 4.39 Å². The van der Waals surface area contributed by atoms with E-state index in [-0.39, 0.29) is 5.82 Å². The van der Waals surface area contributed by atoms with Crippen molar-refractivity contribution >= 4 is 0 Å². The average molecular weight is 236 g/mol. The molecule has 0 amide bonds. The summed E-state index contributed by atoms with van der Waals surface area (Å²) in [5.74, 6) is -0.142. The largest absolute Gasteiger partial charge is 0.313 e. The molecular formula is C14H21FN2. The lowest BCUT2D eigenvalue weighted by atomic mass is 10.1. The standard InChI is InChI=1S/C14H21FN2/c1-3-16-14-7-8-17(10-14)11(2)12-5-4-6-13(15)9-12/h4-6,9,11,14,16H,3,7-8,10H2,1-2H3. The van der Waals surface area contributed by atoms with Crippen molar-refractivity contribution in [1.82, 2.24) is 10.2 Å². The van der Waals surface area contributed by atoms with Crippen LogP contribution in [0.2, 0.25) is 0 Å². The Kier molecular flexibility index (Phi) is 4.13. The van der Waals surface area contributed by atoms with Crippen LogP contribution in [0.1, 0.15) is 31.9 Å². The van der Waals surface area contributed by atoms with Crippen LogP contribution >= 0.6 is 0 Å². The number of halogens is 1. The fourth-order valence-corrected chi connectivity index (χ4v) is 2.57. The number of hydrogen-bond acceptors (Lipinski definition) is 2. The second-order valence-electron chi connectivity index (χ2n) is 4.77. The van der Waals surface area contributed by atoms with E-state index in [0.717, 1.165) is 25.2 Å². The van der Waals surface area contributed by atoms with Crippen LogP contribution in [-0.4, -0.2) is 30.6 Å². The van der Waals surface area contributed by atoms with E-state index >= 15 is 0 Å². The second-order valence-corrected chi connectivity index (χ2v) is 4.77. The first-order valence-corrected chi connectivity index (χ1v) is 6.43. The average Bonchev–Trinajstić information content (AvgIpc) is 2.77. The summed E-state index contributed by atoms with van der Waals surface area (Å²) in [5, 5.41) is 3.48. The number of likely N-dealkylation sites (N-methyl/N-ethyl adjacent to an activating group) is 1. The van der Waals surface area contributed by atoms with Gasteiger partial charge in [0, 0.05) is 25.2 Å². The Morgan fingerprint density at radius 2 is 2.35 bits per heavy atom. The molecule has 94 valence electrons. The maximum absolute atomic E-state index is 13.2. The molecule has 2 nitrogen and oxygen atoms in total. The number of nitrogens with one attached hydrogen (secondary N) is 1. The van der Waals surface area contributed by atoms with Gasteiger partial charge in [-0.05, 0) is 37.6 Å². The summed E-state index contributed by atoms with van der Waals surface area (Å²) < 4.78 is 13.2. The second kappa shape index (κ2) is 5.61. The highest BCUT2D eigenvalue weighted by molar-refractivity contribution is 5.20. The molecule has 2 unspecified atom stereocenters. The Morgan fingerprint density at radius 3 is 3.06 bits per heavy atom. The summed E-state index contributed by atoms with van der Waals surface area (Å²) in [6.07, 6.45) is 1.19. The summed E-state index contributed by atoms with van der Waals surface area (Å²) in [5.41, 5.74) is 1.07. The fraction of sp³-hybridized carbons (Fsp3) is 0.571. The number of hydrogen-bond donors (Lipinski definition) is 1. The molecule has 1 aromatic rings. The molecule has 17 heavy (non-hydrogen) atoms. The molecule has 1 saturated heterocycles. The first kappa shape index (κ1) is 12.5. The van der Waals surface area contributed by atoms with E-state index < -0.39 is 0 Å². The molecule has 2 atom stereocenters. The molecule has 3 heteroatoms. The zero-order chi connectivity index (χ0) is 12.3. The molecule has 2 rings (SSSR count). The van der Waals surface area contributed by atoms with Crippen molar-refractivity contribution in [3.05, 3.63) is 35.6 Å². The maximum Gasteiger partial charge on any atom is 0.123 e. The Bertz CT molecular complexity index is 367. The third-order valence-corrected chi connectivity index (χ3v) is 3.59. The van der Waals surface area contributed by atoms with Gasteiger partial charge in [-0.1, -0.05) is 19.1 Å². The van der Waals surface area contributed by atoms with E-state index in [1.54, 1.807) is 12.1 Å². The van der Waals surface area contributed by atoms with Crippen molar-refractivity contribution in [1.29, 1.82) is 0 Å². The van der Waals surface area contributed by atoms with Gasteiger partial charge in [0.2, 0.25) is 0 Å². The van der Waals surface area contributed by atoms with Gasteiger partial charge in [0.15, 0.2) is 0 Å². The fourth-order valence-electron chi connectivity index (χ4n) is 2.57. The van der Waals surface area contributed by atoms with Crippen LogP contribution < -0.4 is 5.32 Å². The van der Waals surface area contributed by atoms with Gasteiger partial charge in [0.05, 0.1) is 0 Å². The lowest BCUT2D eigenvalue weighted by molar-refractivity contribution is 0.255. The molecule has 0 aromatic heterocycles. The van der Waals surface area contributed by atoms with Gasteiger partial charge in [-0.2, -0.15) is 0 Å². The predicted octanol–water partition coefficient (Wildman–Crippen LogP) is 2.57. The molecule has 1 aromatic carbocycles. The highest BCUT2D eigenvalue weighted by Gasteiger charge is 2.26. The van der Waals surface area contributed by atoms with Gasteiger partial charge in [-0.3, -0.25) is 4.90 Å². The van der Waals surface area contributed by atoms with Crippen molar-refractivity contribution in [2.24, 2.45) is 0 Å². The highest BCUT2D eigenvalue weighted by atomic mass is 19.1. The Balaban J connectivity index is 1.99. The summed E-state index contributed by atoms with van der Waals surface area (Å²) in [4.78, 5) is 2.42. The lowest BCUT2D eigenvalue weighted by Gasteiger charge is -2.24. The molecule has 0 radical (unpaired) electrons. The van der Waals surface area contributed by atoms with E-state index in [1.165, 1.54) is 12.5 Å². The Hall–Kier alpha value is -0.930. The molecule has 0 aliphatic carbocycles. The zero-order valence-corrected chi connectivity index (χ0v) is 10.6. The number of benzene rings is 1. The zero-order valence-electron chi connectivity index (χ0n) is 10.6. The summed E-state index contributed by atoms with van der Waals surface area (Å²) in [7, 11) is 0. The van der Waals surface area contributed by atoms with Crippen LogP contribution in [0.25, 0.3) is 0 Å². The maximum atomic E-state index is 13.2. The quantitative estimate of drug-likeness (QED) is 0.864. The van der Waals surface area contributed by atoms with Gasteiger partial charge in [-0.25, -0.2) is 4.39 Å². The first-order chi connectivity index (χ1) is 8.20. The van der Waals surface area contributed by atoms with Crippen LogP contribution in [-0.2, 0) is 0 Å². The van der Waals surface area contributed by atoms with Gasteiger partial charge in [0.1, 0.15) is 5.82 Å². The minimum Gasteiger partial charge on any atom is -0.313 e. The Morgan fingerprint density at radius 1 is 1.53 bits per heavy atom. The van der Waals surface area contributed by atoms with Gasteiger partial charge >= 0.3 is 0 Å². The topological polar surface area (TPSA) is 15.3 Å². The molecule has 1 aliphatic heterocycles. The van der Waals surface area contributed by atoms with E-state index in [2.05, 4.69) is 24.1 Å². The third-order valence-electron chi connectivity index (χ3n) is 3.59. The van der Waals surface area contributed by atoms with Crippen LogP contribution in [0, 0.1) is 5.82 Å². The number of nitrogens with zero attached hydrogens (tertiary/aromatic N) is 1. The minimum atomic E-state index is -0.142. The van der Waals surface area contributed by atoms with Gasteiger partial charge in [-0.15, -0.1) is 0 Å². The van der Waals surface area contributed by atoms with Crippen LogP contribution in [0.3, 0.4) is 0 Å². The third kappa shape index (κ3) is 3.05. The monoisotopic (exact) mass is 236 g/mol. The van der Waals surface area contributed by atoms with Crippen molar-refractivity contribution in [3.8, 4) is 0 Å². The van der Waals surface area contributed by atoms with E-state index in [9.17, 15) is 4.39 Å². The van der Waals surface area contributed by atoms with E-state index in [0.29, 0.717) is 12.1 Å². The van der Waals surface area contributed by atoms with Gasteiger partial charge in [0.25, 0.3) is 0 Å². The van der Waals surface area contributed by atoms with Crippen molar-refractivity contribution in [2.75, 3.05) is 19.6 Å². The highest BCUT2D eigenvalue weighted by Crippen LogP contribution is 2.24. The van der Waals surface area contributed by atoms with Gasteiger partial charge < -0.3 is 5.32 Å². The number of rotatable bonds is 4. The smallest absolute Gasteiger partial charge is 0.123 e. The molecule has 0 bridgehead atoms. The summed E-state index contributed by atoms with van der Waals surface area (Å²) in [6.45, 7) is 7.47. The molecular weight excluding hydrogens is 215 g/mol. The summed E-state index contributed by atoms with van der Waals surface area (Å²) in [6, 6.07) is 7.84. The van der Waals surface area contributed by atoms with Crippen LogP contribution in [0.5, 0.6) is 0 Å².